The van der Waals surface area contributed by atoms with Gasteiger partial charge in [0.25, 0.3) is 5.91 Å². The number of aromatic nitrogens is 2. The zero-order chi connectivity index (χ0) is 33.0. The van der Waals surface area contributed by atoms with Crippen LogP contribution in [0.5, 0.6) is 0 Å². The van der Waals surface area contributed by atoms with Crippen LogP contribution in [0.25, 0.3) is 22.2 Å². The highest BCUT2D eigenvalue weighted by Crippen LogP contribution is 2.32. The van der Waals surface area contributed by atoms with E-state index in [1.54, 1.807) is 30.3 Å². The Morgan fingerprint density at radius 3 is 2.21 bits per heavy atom. The fourth-order valence-electron chi connectivity index (χ4n) is 5.56. The summed E-state index contributed by atoms with van der Waals surface area (Å²) in [6, 6.07) is 28.5. The molecule has 1 aliphatic rings. The summed E-state index contributed by atoms with van der Waals surface area (Å²) >= 11 is 5.87. The SMILES string of the molecule is COC(=O)N(NC(=O)c1c(CN2CCN(S(=O)(=O)c3ccc(Cl)nc3)CC2)c(-c2ccccc2)nc2ccccc12)c1ccccc1. The van der Waals surface area contributed by atoms with Crippen LogP contribution in [0.3, 0.4) is 0 Å². The highest BCUT2D eigenvalue weighted by Gasteiger charge is 2.31. The summed E-state index contributed by atoms with van der Waals surface area (Å²) in [6.07, 6.45) is 0.496. The number of carbonyl (C=O) groups is 2. The van der Waals surface area contributed by atoms with Gasteiger partial charge in [-0.3, -0.25) is 15.1 Å². The van der Waals surface area contributed by atoms with Gasteiger partial charge in [-0.2, -0.15) is 9.31 Å². The van der Waals surface area contributed by atoms with Crippen molar-refractivity contribution in [3.63, 3.8) is 0 Å². The molecule has 0 radical (unpaired) electrons. The summed E-state index contributed by atoms with van der Waals surface area (Å²) < 4.78 is 33.0. The van der Waals surface area contributed by atoms with Gasteiger partial charge in [0, 0.05) is 55.4 Å². The highest BCUT2D eigenvalue weighted by molar-refractivity contribution is 7.89. The number of hydrogen-bond acceptors (Lipinski definition) is 8. The van der Waals surface area contributed by atoms with Gasteiger partial charge in [0.05, 0.1) is 29.6 Å². The molecule has 240 valence electrons. The number of para-hydroxylation sites is 2. The third-order valence-corrected chi connectivity index (χ3v) is 10.0. The number of halogens is 1. The first-order valence-electron chi connectivity index (χ1n) is 14.8. The van der Waals surface area contributed by atoms with Crippen LogP contribution in [-0.4, -0.2) is 72.9 Å². The number of methoxy groups -OCH3 is 1. The maximum Gasteiger partial charge on any atom is 0.433 e. The lowest BCUT2D eigenvalue weighted by Gasteiger charge is -2.34. The van der Waals surface area contributed by atoms with Gasteiger partial charge in [-0.05, 0) is 30.3 Å². The van der Waals surface area contributed by atoms with Crippen molar-refractivity contribution in [2.45, 2.75) is 11.4 Å². The van der Waals surface area contributed by atoms with Crippen molar-refractivity contribution in [2.24, 2.45) is 0 Å². The van der Waals surface area contributed by atoms with Gasteiger partial charge < -0.3 is 4.74 Å². The van der Waals surface area contributed by atoms with Crippen LogP contribution in [0.15, 0.2) is 108 Å². The number of rotatable bonds is 7. The molecule has 1 N–H and O–H groups in total. The number of pyridine rings is 2. The fraction of sp³-hybridized carbons (Fsp3) is 0.176. The third-order valence-electron chi connectivity index (χ3n) is 7.90. The topological polar surface area (TPSA) is 125 Å². The Kier molecular flexibility index (Phi) is 9.45. The maximum atomic E-state index is 14.4. The Balaban J connectivity index is 1.38. The van der Waals surface area contributed by atoms with E-state index in [4.69, 9.17) is 21.3 Å². The van der Waals surface area contributed by atoms with Crippen molar-refractivity contribution >= 4 is 50.2 Å². The molecule has 3 aromatic carbocycles. The molecule has 11 nitrogen and oxygen atoms in total. The fourth-order valence-corrected chi connectivity index (χ4v) is 7.04. The normalized spacial score (nSPS) is 14.1. The molecule has 1 aliphatic heterocycles. The largest absolute Gasteiger partial charge is 0.451 e. The molecule has 0 aliphatic carbocycles. The summed E-state index contributed by atoms with van der Waals surface area (Å²) in [4.78, 5) is 38.3. The Hall–Kier alpha value is -4.88. The number of anilines is 1. The van der Waals surface area contributed by atoms with Gasteiger partial charge in [0.2, 0.25) is 10.0 Å². The van der Waals surface area contributed by atoms with Crippen molar-refractivity contribution in [2.75, 3.05) is 38.3 Å². The zero-order valence-corrected chi connectivity index (χ0v) is 27.0. The first-order chi connectivity index (χ1) is 22.8. The second kappa shape index (κ2) is 13.9. The van der Waals surface area contributed by atoms with Crippen LogP contribution in [0, 0.1) is 0 Å². The van der Waals surface area contributed by atoms with E-state index in [0.29, 0.717) is 53.0 Å². The van der Waals surface area contributed by atoms with Crippen LogP contribution in [-0.2, 0) is 21.3 Å². The first kappa shape index (κ1) is 32.1. The van der Waals surface area contributed by atoms with Gasteiger partial charge in [-0.15, -0.1) is 0 Å². The zero-order valence-electron chi connectivity index (χ0n) is 25.4. The number of benzene rings is 3. The predicted octanol–water partition coefficient (Wildman–Crippen LogP) is 5.37. The first-order valence-corrected chi connectivity index (χ1v) is 16.6. The molecule has 0 unspecified atom stereocenters. The quantitative estimate of drug-likeness (QED) is 0.181. The van der Waals surface area contributed by atoms with Crippen molar-refractivity contribution in [1.82, 2.24) is 24.6 Å². The molecule has 0 atom stereocenters. The second-order valence-corrected chi connectivity index (χ2v) is 13.1. The van der Waals surface area contributed by atoms with Crippen molar-refractivity contribution in [3.8, 4) is 11.3 Å². The van der Waals surface area contributed by atoms with Crippen LogP contribution in [0.1, 0.15) is 15.9 Å². The Bertz CT molecular complexity index is 2010. The van der Waals surface area contributed by atoms with Gasteiger partial charge in [-0.25, -0.2) is 23.2 Å². The lowest BCUT2D eigenvalue weighted by Crippen LogP contribution is -2.49. The number of amides is 2. The average molecular weight is 671 g/mol. The van der Waals surface area contributed by atoms with Gasteiger partial charge in [0.1, 0.15) is 10.0 Å². The van der Waals surface area contributed by atoms with E-state index in [2.05, 4.69) is 15.3 Å². The van der Waals surface area contributed by atoms with Crippen molar-refractivity contribution in [3.05, 3.63) is 120 Å². The molecule has 47 heavy (non-hydrogen) atoms. The number of piperazine rings is 1. The molecule has 1 fully saturated rings. The van der Waals surface area contributed by atoms with Crippen LogP contribution >= 0.6 is 11.6 Å². The van der Waals surface area contributed by atoms with Crippen molar-refractivity contribution in [1.29, 1.82) is 0 Å². The smallest absolute Gasteiger partial charge is 0.433 e. The summed E-state index contributed by atoms with van der Waals surface area (Å²) in [5.74, 6) is -0.526. The van der Waals surface area contributed by atoms with E-state index in [1.807, 2.05) is 54.6 Å². The average Bonchev–Trinajstić information content (AvgIpc) is 3.11. The molecule has 1 saturated heterocycles. The number of nitrogens with zero attached hydrogens (tertiary/aromatic N) is 5. The molecule has 0 saturated carbocycles. The number of fused-ring (bicyclic) bond motifs is 1. The minimum absolute atomic E-state index is 0.0768. The van der Waals surface area contributed by atoms with E-state index >= 15 is 0 Å². The Morgan fingerprint density at radius 2 is 1.55 bits per heavy atom. The maximum absolute atomic E-state index is 14.4. The summed E-state index contributed by atoms with van der Waals surface area (Å²) in [5.41, 5.74) is 6.21. The summed E-state index contributed by atoms with van der Waals surface area (Å²) in [6.45, 7) is 1.57. The predicted molar refractivity (Wildman–Crippen MR) is 179 cm³/mol. The van der Waals surface area contributed by atoms with Gasteiger partial charge in [-0.1, -0.05) is 78.3 Å². The van der Waals surface area contributed by atoms with Crippen LogP contribution in [0.2, 0.25) is 5.15 Å². The molecule has 0 spiro atoms. The molecular weight excluding hydrogens is 640 g/mol. The summed E-state index contributed by atoms with van der Waals surface area (Å²) in [5, 5.41) is 1.89. The monoisotopic (exact) mass is 670 g/mol. The lowest BCUT2D eigenvalue weighted by molar-refractivity contribution is 0.0940. The minimum Gasteiger partial charge on any atom is -0.451 e. The molecule has 2 aromatic heterocycles. The lowest BCUT2D eigenvalue weighted by atomic mass is 9.95. The van der Waals surface area contributed by atoms with Gasteiger partial charge in [0.15, 0.2) is 0 Å². The van der Waals surface area contributed by atoms with E-state index in [0.717, 1.165) is 10.6 Å². The molecule has 3 heterocycles. The third kappa shape index (κ3) is 6.81. The van der Waals surface area contributed by atoms with Crippen molar-refractivity contribution < 1.29 is 22.7 Å². The Labute approximate surface area is 277 Å². The number of sulfonamides is 1. The molecular formula is C34H31ClN6O5S. The number of nitrogens with one attached hydrogen (secondary N) is 1. The standard InChI is InChI=1S/C34H31ClN6O5S/c1-46-34(43)41(25-12-6-3-7-13-25)38-33(42)31-27-14-8-9-15-29(27)37-32(24-10-4-2-5-11-24)28(31)23-39-18-20-40(21-19-39)47(44,45)26-16-17-30(35)36-22-26/h2-17,22H,18-21,23H2,1H3,(H,38,42). The number of ether oxygens (including phenoxy) is 1. The van der Waals surface area contributed by atoms with E-state index in [1.165, 1.54) is 29.7 Å². The number of hydrazine groups is 1. The van der Waals surface area contributed by atoms with E-state index in [-0.39, 0.29) is 23.1 Å². The molecule has 2 amide bonds. The van der Waals surface area contributed by atoms with Crippen LogP contribution < -0.4 is 10.4 Å². The Morgan fingerprint density at radius 1 is 0.894 bits per heavy atom. The summed E-state index contributed by atoms with van der Waals surface area (Å²) in [7, 11) is -2.52. The number of carbonyl (C=O) groups excluding carboxylic acids is 2. The highest BCUT2D eigenvalue weighted by atomic mass is 35.5. The second-order valence-electron chi connectivity index (χ2n) is 10.8. The van der Waals surface area contributed by atoms with E-state index in [9.17, 15) is 18.0 Å². The van der Waals surface area contributed by atoms with Gasteiger partial charge >= 0.3 is 6.09 Å². The minimum atomic E-state index is -3.77. The number of hydrogen-bond donors (Lipinski definition) is 1. The molecule has 0 bridgehead atoms. The van der Waals surface area contributed by atoms with E-state index < -0.39 is 22.0 Å². The molecule has 13 heteroatoms. The van der Waals surface area contributed by atoms with Crippen LogP contribution in [0.4, 0.5) is 10.5 Å². The molecule has 5 aromatic rings. The molecule has 6 rings (SSSR count).